The van der Waals surface area contributed by atoms with Crippen molar-refractivity contribution in [3.63, 3.8) is 0 Å². The molecule has 28 heavy (non-hydrogen) atoms. The molecule has 2 aromatic carbocycles. The van der Waals surface area contributed by atoms with Crippen molar-refractivity contribution < 1.29 is 27.4 Å². The molecule has 3 rings (SSSR count). The minimum absolute atomic E-state index is 0.161. The summed E-state index contributed by atoms with van der Waals surface area (Å²) in [6.07, 6.45) is -4.68. The van der Waals surface area contributed by atoms with Crippen molar-refractivity contribution in [1.82, 2.24) is 9.97 Å². The highest BCUT2D eigenvalue weighted by Crippen LogP contribution is 2.31. The molecule has 1 aromatic heterocycles. The number of benzene rings is 2. The molecular weight excluding hydrogens is 397 g/mol. The first kappa shape index (κ1) is 19.6. The quantitative estimate of drug-likeness (QED) is 0.544. The first-order valence-corrected chi connectivity index (χ1v) is 8.22. The third kappa shape index (κ3) is 4.58. The van der Waals surface area contributed by atoms with Crippen LogP contribution in [0.2, 0.25) is 5.02 Å². The Morgan fingerprint density at radius 2 is 1.54 bits per heavy atom. The van der Waals surface area contributed by atoms with Crippen molar-refractivity contribution in [2.75, 3.05) is 7.11 Å². The molecule has 0 unspecified atom stereocenters. The lowest BCUT2D eigenvalue weighted by Crippen LogP contribution is -2.10. The monoisotopic (exact) mass is 408 g/mol. The predicted molar refractivity (Wildman–Crippen MR) is 95.0 cm³/mol. The summed E-state index contributed by atoms with van der Waals surface area (Å²) in [7, 11) is 1.18. The molecule has 1 heterocycles. The molecule has 0 radical (unpaired) electrons. The van der Waals surface area contributed by atoms with Gasteiger partial charge >= 0.3 is 12.2 Å². The Hall–Kier alpha value is -3.13. The summed E-state index contributed by atoms with van der Waals surface area (Å²) in [5.41, 5.74) is -0.370. The van der Waals surface area contributed by atoms with E-state index in [4.69, 9.17) is 21.1 Å². The Bertz CT molecular complexity index is 991. The fraction of sp³-hybridized carbons (Fsp3) is 0.105. The number of alkyl halides is 3. The van der Waals surface area contributed by atoms with Crippen LogP contribution >= 0.6 is 11.6 Å². The summed E-state index contributed by atoms with van der Waals surface area (Å²) in [5, 5.41) is 0.511. The minimum Gasteiger partial charge on any atom is -0.481 e. The van der Waals surface area contributed by atoms with Gasteiger partial charge in [-0.2, -0.15) is 23.1 Å². The number of hydrogen-bond acceptors (Lipinski definition) is 5. The van der Waals surface area contributed by atoms with Gasteiger partial charge in [0.15, 0.2) is 11.5 Å². The van der Waals surface area contributed by atoms with Crippen molar-refractivity contribution in [2.24, 2.45) is 0 Å². The number of rotatable bonds is 5. The van der Waals surface area contributed by atoms with Crippen LogP contribution < -0.4 is 9.47 Å². The maximum Gasteiger partial charge on any atom is 0.433 e. The molecule has 0 aliphatic heterocycles. The molecule has 0 saturated carbocycles. The fourth-order valence-electron chi connectivity index (χ4n) is 2.25. The molecule has 0 bridgehead atoms. The maximum absolute atomic E-state index is 12.9. The van der Waals surface area contributed by atoms with Crippen molar-refractivity contribution in [2.45, 2.75) is 6.18 Å². The number of aromatic nitrogens is 2. The second-order valence-electron chi connectivity index (χ2n) is 5.54. The topological polar surface area (TPSA) is 61.3 Å². The lowest BCUT2D eigenvalue weighted by molar-refractivity contribution is -0.141. The van der Waals surface area contributed by atoms with Gasteiger partial charge in [-0.1, -0.05) is 11.6 Å². The Kier molecular flexibility index (Phi) is 5.51. The van der Waals surface area contributed by atoms with Crippen LogP contribution in [0, 0.1) is 0 Å². The molecule has 0 aliphatic rings. The number of nitrogens with zero attached hydrogens (tertiary/aromatic N) is 2. The molecule has 144 valence electrons. The summed E-state index contributed by atoms with van der Waals surface area (Å²) in [6, 6.07) is 12.4. The van der Waals surface area contributed by atoms with Crippen molar-refractivity contribution in [1.29, 1.82) is 0 Å². The van der Waals surface area contributed by atoms with Crippen LogP contribution in [-0.2, 0) is 6.18 Å². The van der Waals surface area contributed by atoms with Crippen molar-refractivity contribution >= 4 is 17.4 Å². The van der Waals surface area contributed by atoms with E-state index in [0.29, 0.717) is 22.2 Å². The van der Waals surface area contributed by atoms with E-state index in [9.17, 15) is 18.0 Å². The summed E-state index contributed by atoms with van der Waals surface area (Å²) in [5.74, 6) is -0.360. The van der Waals surface area contributed by atoms with Gasteiger partial charge in [-0.15, -0.1) is 0 Å². The average molecular weight is 409 g/mol. The molecule has 0 fully saturated rings. The Balaban J connectivity index is 1.81. The lowest BCUT2D eigenvalue weighted by atomic mass is 10.0. The molecule has 0 spiro atoms. The van der Waals surface area contributed by atoms with Crippen LogP contribution in [-0.4, -0.2) is 22.9 Å². The third-order valence-electron chi connectivity index (χ3n) is 3.61. The summed E-state index contributed by atoms with van der Waals surface area (Å²) >= 11 is 5.80. The van der Waals surface area contributed by atoms with E-state index < -0.39 is 17.9 Å². The summed E-state index contributed by atoms with van der Waals surface area (Å²) in [6.45, 7) is 0. The largest absolute Gasteiger partial charge is 0.481 e. The molecule has 0 aliphatic carbocycles. The highest BCUT2D eigenvalue weighted by atomic mass is 35.5. The number of ketones is 1. The first-order valence-electron chi connectivity index (χ1n) is 7.85. The van der Waals surface area contributed by atoms with Crippen molar-refractivity contribution in [3.8, 4) is 17.6 Å². The van der Waals surface area contributed by atoms with E-state index in [1.54, 1.807) is 24.3 Å². The summed E-state index contributed by atoms with van der Waals surface area (Å²) < 4.78 is 48.7. The van der Waals surface area contributed by atoms with E-state index >= 15 is 0 Å². The van der Waals surface area contributed by atoms with Gasteiger partial charge in [0.2, 0.25) is 5.88 Å². The Labute approximate surface area is 162 Å². The molecule has 9 heteroatoms. The third-order valence-corrected chi connectivity index (χ3v) is 3.87. The van der Waals surface area contributed by atoms with Gasteiger partial charge in [0.25, 0.3) is 0 Å². The van der Waals surface area contributed by atoms with E-state index in [1.165, 1.54) is 31.4 Å². The average Bonchev–Trinajstić information content (AvgIpc) is 2.67. The van der Waals surface area contributed by atoms with Crippen LogP contribution in [0.15, 0.2) is 54.6 Å². The van der Waals surface area contributed by atoms with Crippen LogP contribution in [0.5, 0.6) is 17.6 Å². The predicted octanol–water partition coefficient (Wildman–Crippen LogP) is 5.18. The van der Waals surface area contributed by atoms with Crippen LogP contribution in [0.3, 0.4) is 0 Å². The van der Waals surface area contributed by atoms with E-state index in [1.807, 2.05) is 0 Å². The number of ether oxygens (including phenoxy) is 2. The van der Waals surface area contributed by atoms with E-state index in [0.717, 1.165) is 0 Å². The van der Waals surface area contributed by atoms with Gasteiger partial charge in [-0.3, -0.25) is 4.79 Å². The molecule has 0 atom stereocenters. The van der Waals surface area contributed by atoms with Gasteiger partial charge in [0.05, 0.1) is 7.11 Å². The Morgan fingerprint density at radius 1 is 0.964 bits per heavy atom. The lowest BCUT2D eigenvalue weighted by Gasteiger charge is -2.10. The van der Waals surface area contributed by atoms with Crippen LogP contribution in [0.25, 0.3) is 0 Å². The summed E-state index contributed by atoms with van der Waals surface area (Å²) in [4.78, 5) is 19.5. The van der Waals surface area contributed by atoms with E-state index in [-0.39, 0.29) is 17.4 Å². The second-order valence-corrected chi connectivity index (χ2v) is 5.97. The fourth-order valence-corrected chi connectivity index (χ4v) is 2.37. The number of halogens is 4. The highest BCUT2D eigenvalue weighted by molar-refractivity contribution is 6.30. The van der Waals surface area contributed by atoms with Crippen LogP contribution in [0.4, 0.5) is 13.2 Å². The zero-order valence-corrected chi connectivity index (χ0v) is 15.1. The van der Waals surface area contributed by atoms with Gasteiger partial charge in [0, 0.05) is 22.2 Å². The van der Waals surface area contributed by atoms with E-state index in [2.05, 4.69) is 9.97 Å². The smallest absolute Gasteiger partial charge is 0.433 e. The van der Waals surface area contributed by atoms with Gasteiger partial charge in [-0.25, -0.2) is 0 Å². The first-order chi connectivity index (χ1) is 13.3. The second kappa shape index (κ2) is 7.85. The number of carbonyl (C=O) groups excluding carboxylic acids is 1. The molecule has 0 amide bonds. The minimum atomic E-state index is -4.68. The Morgan fingerprint density at radius 3 is 2.07 bits per heavy atom. The number of hydrogen-bond donors (Lipinski definition) is 0. The normalized spacial score (nSPS) is 11.2. The SMILES string of the molecule is COc1cc(C(F)(F)F)nc(Oc2ccc(C(=O)c3ccc(Cl)cc3)cc2)n1. The number of methoxy groups -OCH3 is 1. The molecular formula is C19H12ClF3N2O3. The van der Waals surface area contributed by atoms with Crippen molar-refractivity contribution in [3.05, 3.63) is 76.4 Å². The van der Waals surface area contributed by atoms with Gasteiger partial charge < -0.3 is 9.47 Å². The molecule has 3 aromatic rings. The van der Waals surface area contributed by atoms with Gasteiger partial charge in [-0.05, 0) is 48.5 Å². The zero-order chi connectivity index (χ0) is 20.3. The molecule has 0 N–H and O–H groups in total. The van der Waals surface area contributed by atoms with Gasteiger partial charge in [0.1, 0.15) is 5.75 Å². The highest BCUT2D eigenvalue weighted by Gasteiger charge is 2.34. The molecule has 5 nitrogen and oxygen atoms in total. The standard InChI is InChI=1S/C19H12ClF3N2O3/c1-27-16-10-15(19(21,22)23)24-18(25-16)28-14-8-4-12(5-9-14)17(26)11-2-6-13(20)7-3-11/h2-10H,1H3. The maximum atomic E-state index is 12.9. The van der Waals surface area contributed by atoms with Crippen LogP contribution in [0.1, 0.15) is 21.6 Å². The zero-order valence-electron chi connectivity index (χ0n) is 14.3. The number of carbonyl (C=O) groups is 1. The molecule has 0 saturated heterocycles.